The molecule has 0 atom stereocenters. The van der Waals surface area contributed by atoms with Crippen LogP contribution in [0.1, 0.15) is 16.9 Å². The smallest absolute Gasteiger partial charge is 0.271 e. The van der Waals surface area contributed by atoms with Crippen molar-refractivity contribution >= 4 is 29.7 Å². The summed E-state index contributed by atoms with van der Waals surface area (Å²) >= 11 is 1.64. The zero-order valence-electron chi connectivity index (χ0n) is 16.2. The molecule has 1 aliphatic rings. The highest BCUT2D eigenvalue weighted by Crippen LogP contribution is 2.28. The van der Waals surface area contributed by atoms with E-state index in [0.717, 1.165) is 55.4 Å². The van der Waals surface area contributed by atoms with Crippen molar-refractivity contribution in [2.75, 3.05) is 39.3 Å². The van der Waals surface area contributed by atoms with Gasteiger partial charge in [0, 0.05) is 32.7 Å². The average Bonchev–Trinajstić information content (AvgIpc) is 3.42. The third kappa shape index (κ3) is 5.45. The highest BCUT2D eigenvalue weighted by Gasteiger charge is 2.17. The maximum Gasteiger partial charge on any atom is 0.271 e. The minimum atomic E-state index is -0.118. The summed E-state index contributed by atoms with van der Waals surface area (Å²) in [5.41, 5.74) is 2.34. The van der Waals surface area contributed by atoms with E-state index >= 15 is 0 Å². The number of thiophene rings is 1. The van der Waals surface area contributed by atoms with Crippen molar-refractivity contribution in [1.82, 2.24) is 25.3 Å². The first-order valence-corrected chi connectivity index (χ1v) is 10.6. The van der Waals surface area contributed by atoms with Crippen LogP contribution in [0.2, 0.25) is 0 Å². The van der Waals surface area contributed by atoms with Gasteiger partial charge in [0.2, 0.25) is 0 Å². The van der Waals surface area contributed by atoms with Crippen molar-refractivity contribution < 1.29 is 4.79 Å². The van der Waals surface area contributed by atoms with Crippen molar-refractivity contribution in [2.24, 2.45) is 0 Å². The molecule has 1 fully saturated rings. The van der Waals surface area contributed by atoms with E-state index in [4.69, 9.17) is 0 Å². The second-order valence-electron chi connectivity index (χ2n) is 6.84. The van der Waals surface area contributed by atoms with Gasteiger partial charge in [0.1, 0.15) is 0 Å². The Kier molecular flexibility index (Phi) is 7.83. The zero-order valence-corrected chi connectivity index (χ0v) is 17.8. The molecule has 4 rings (SSSR count). The summed E-state index contributed by atoms with van der Waals surface area (Å²) in [7, 11) is 0. The van der Waals surface area contributed by atoms with Gasteiger partial charge in [0.25, 0.3) is 5.91 Å². The van der Waals surface area contributed by atoms with E-state index in [1.54, 1.807) is 11.3 Å². The van der Waals surface area contributed by atoms with Crippen LogP contribution in [0, 0.1) is 0 Å². The first-order chi connectivity index (χ1) is 13.8. The molecular formula is C21H26ClN5OS. The van der Waals surface area contributed by atoms with Gasteiger partial charge in [-0.15, -0.1) is 23.7 Å². The quantitative estimate of drug-likeness (QED) is 0.564. The summed E-state index contributed by atoms with van der Waals surface area (Å²) in [6.07, 6.45) is 0.947. The molecule has 1 aliphatic heterocycles. The molecular weight excluding hydrogens is 406 g/mol. The van der Waals surface area contributed by atoms with Gasteiger partial charge in [-0.1, -0.05) is 24.3 Å². The molecule has 0 radical (unpaired) electrons. The minimum absolute atomic E-state index is 0. The van der Waals surface area contributed by atoms with Crippen LogP contribution in [0.5, 0.6) is 0 Å². The van der Waals surface area contributed by atoms with Gasteiger partial charge in [-0.2, -0.15) is 5.10 Å². The molecule has 3 aromatic rings. The molecule has 0 spiro atoms. The number of para-hydroxylation sites is 1. The lowest BCUT2D eigenvalue weighted by Crippen LogP contribution is -2.44. The molecule has 0 bridgehead atoms. The van der Waals surface area contributed by atoms with Crippen LogP contribution in [0.3, 0.4) is 0 Å². The largest absolute Gasteiger partial charge is 0.351 e. The number of carbonyl (C=O) groups excluding carboxylic acids is 1. The predicted molar refractivity (Wildman–Crippen MR) is 120 cm³/mol. The van der Waals surface area contributed by atoms with Crippen molar-refractivity contribution in [3.63, 3.8) is 0 Å². The zero-order chi connectivity index (χ0) is 19.2. The van der Waals surface area contributed by atoms with E-state index in [1.165, 1.54) is 0 Å². The Labute approximate surface area is 181 Å². The lowest BCUT2D eigenvalue weighted by atomic mass is 10.2. The number of carbonyl (C=O) groups is 1. The van der Waals surface area contributed by atoms with E-state index in [1.807, 2.05) is 52.5 Å². The molecule has 29 heavy (non-hydrogen) atoms. The number of hydrogen-bond acceptors (Lipinski definition) is 5. The molecule has 3 heterocycles. The number of nitrogens with one attached hydrogen (secondary N) is 2. The topological polar surface area (TPSA) is 62.2 Å². The van der Waals surface area contributed by atoms with Crippen molar-refractivity contribution in [3.05, 3.63) is 59.6 Å². The Hall–Kier alpha value is -2.19. The SMILES string of the molecule is Cl.O=C(NCCCN1CCNCC1)c1cc(-c2cccs2)n(-c2ccccc2)n1. The summed E-state index contributed by atoms with van der Waals surface area (Å²) in [4.78, 5) is 16.2. The molecule has 1 amide bonds. The molecule has 0 saturated carbocycles. The van der Waals surface area contributed by atoms with E-state index in [0.29, 0.717) is 12.2 Å². The fourth-order valence-corrected chi connectivity index (χ4v) is 4.11. The van der Waals surface area contributed by atoms with Gasteiger partial charge in [-0.25, -0.2) is 4.68 Å². The number of piperazine rings is 1. The number of nitrogens with zero attached hydrogens (tertiary/aromatic N) is 3. The van der Waals surface area contributed by atoms with Gasteiger partial charge in [0.15, 0.2) is 5.69 Å². The normalized spacial score (nSPS) is 14.3. The second kappa shape index (κ2) is 10.5. The standard InChI is InChI=1S/C21H25N5OS.ClH/c27-21(23-9-5-12-25-13-10-22-11-14-25)18-16-19(20-8-4-15-28-20)26(24-18)17-6-2-1-3-7-17;/h1-4,6-8,15-16,22H,5,9-14H2,(H,23,27);1H. The van der Waals surface area contributed by atoms with Gasteiger partial charge in [-0.3, -0.25) is 4.79 Å². The van der Waals surface area contributed by atoms with Gasteiger partial charge in [0.05, 0.1) is 16.3 Å². The summed E-state index contributed by atoms with van der Waals surface area (Å²) in [5, 5.41) is 13.0. The molecule has 6 nitrogen and oxygen atoms in total. The number of halogens is 1. The van der Waals surface area contributed by atoms with Crippen molar-refractivity contribution in [1.29, 1.82) is 0 Å². The lowest BCUT2D eigenvalue weighted by Gasteiger charge is -2.26. The average molecular weight is 432 g/mol. The Morgan fingerprint density at radius 2 is 1.93 bits per heavy atom. The number of aromatic nitrogens is 2. The first kappa shape index (κ1) is 21.5. The maximum absolute atomic E-state index is 12.7. The monoisotopic (exact) mass is 431 g/mol. The molecule has 154 valence electrons. The fourth-order valence-electron chi connectivity index (χ4n) is 3.39. The molecule has 2 aromatic heterocycles. The second-order valence-corrected chi connectivity index (χ2v) is 7.79. The summed E-state index contributed by atoms with van der Waals surface area (Å²) < 4.78 is 1.85. The Morgan fingerprint density at radius 1 is 1.14 bits per heavy atom. The molecule has 1 aromatic carbocycles. The van der Waals surface area contributed by atoms with Gasteiger partial charge < -0.3 is 15.5 Å². The number of hydrogen-bond donors (Lipinski definition) is 2. The van der Waals surface area contributed by atoms with Crippen molar-refractivity contribution in [3.8, 4) is 16.3 Å². The van der Waals surface area contributed by atoms with Crippen LogP contribution >= 0.6 is 23.7 Å². The molecule has 0 aliphatic carbocycles. The van der Waals surface area contributed by atoms with E-state index in [2.05, 4.69) is 26.7 Å². The van der Waals surface area contributed by atoms with E-state index in [-0.39, 0.29) is 18.3 Å². The Bertz CT molecular complexity index is 891. The molecule has 8 heteroatoms. The predicted octanol–water partition coefficient (Wildman–Crippen LogP) is 3.05. The summed E-state index contributed by atoms with van der Waals surface area (Å²) in [6.45, 7) is 5.94. The van der Waals surface area contributed by atoms with Crippen LogP contribution in [0.15, 0.2) is 53.9 Å². The van der Waals surface area contributed by atoms with Crippen LogP contribution in [-0.4, -0.2) is 59.9 Å². The summed E-state index contributed by atoms with van der Waals surface area (Å²) in [5.74, 6) is -0.118. The Balaban J connectivity index is 0.00000240. The van der Waals surface area contributed by atoms with Crippen LogP contribution in [-0.2, 0) is 0 Å². The number of amides is 1. The lowest BCUT2D eigenvalue weighted by molar-refractivity contribution is 0.0946. The molecule has 0 unspecified atom stereocenters. The first-order valence-electron chi connectivity index (χ1n) is 9.72. The molecule has 2 N–H and O–H groups in total. The van der Waals surface area contributed by atoms with Crippen molar-refractivity contribution in [2.45, 2.75) is 6.42 Å². The third-order valence-electron chi connectivity index (χ3n) is 4.86. The highest BCUT2D eigenvalue weighted by molar-refractivity contribution is 7.13. The molecule has 1 saturated heterocycles. The number of benzene rings is 1. The Morgan fingerprint density at radius 3 is 2.66 bits per heavy atom. The van der Waals surface area contributed by atoms with E-state index < -0.39 is 0 Å². The maximum atomic E-state index is 12.7. The van der Waals surface area contributed by atoms with Gasteiger partial charge in [-0.05, 0) is 42.6 Å². The van der Waals surface area contributed by atoms with Crippen LogP contribution in [0.4, 0.5) is 0 Å². The van der Waals surface area contributed by atoms with Gasteiger partial charge >= 0.3 is 0 Å². The summed E-state index contributed by atoms with van der Waals surface area (Å²) in [6, 6.07) is 15.9. The van der Waals surface area contributed by atoms with E-state index in [9.17, 15) is 4.79 Å². The minimum Gasteiger partial charge on any atom is -0.351 e. The third-order valence-corrected chi connectivity index (χ3v) is 5.76. The van der Waals surface area contributed by atoms with Crippen LogP contribution < -0.4 is 10.6 Å². The van der Waals surface area contributed by atoms with Crippen LogP contribution in [0.25, 0.3) is 16.3 Å². The fraction of sp³-hybridized carbons (Fsp3) is 0.333. The number of rotatable bonds is 7. The highest BCUT2D eigenvalue weighted by atomic mass is 35.5.